The number of nitrogens with zero attached hydrogens (tertiary/aromatic N) is 4. The smallest absolute Gasteiger partial charge is 0.205 e. The highest BCUT2D eigenvalue weighted by Gasteiger charge is 2.28. The monoisotopic (exact) mass is 280 g/mol. The van der Waals surface area contributed by atoms with Crippen LogP contribution in [0.15, 0.2) is 11.6 Å². The number of rotatable bonds is 3. The molecule has 0 radical (unpaired) electrons. The zero-order valence-electron chi connectivity index (χ0n) is 10.4. The second-order valence-electron chi connectivity index (χ2n) is 4.42. The van der Waals surface area contributed by atoms with Crippen molar-refractivity contribution in [2.45, 2.75) is 38.6 Å². The summed E-state index contributed by atoms with van der Waals surface area (Å²) in [6, 6.07) is 0.399. The van der Waals surface area contributed by atoms with Gasteiger partial charge in [-0.25, -0.2) is 9.97 Å². The fraction of sp³-hybridized carbons (Fsp3) is 0.583. The fourth-order valence-electron chi connectivity index (χ4n) is 2.32. The Bertz CT molecular complexity index is 494. The van der Waals surface area contributed by atoms with Crippen LogP contribution >= 0.6 is 22.9 Å². The van der Waals surface area contributed by atoms with E-state index in [1.807, 2.05) is 6.20 Å². The lowest BCUT2D eigenvalue weighted by atomic mass is 10.0. The molecule has 1 atom stereocenters. The van der Waals surface area contributed by atoms with Gasteiger partial charge in [0.05, 0.1) is 6.04 Å². The van der Waals surface area contributed by atoms with Crippen molar-refractivity contribution in [2.75, 3.05) is 11.4 Å². The first-order valence-corrected chi connectivity index (χ1v) is 8.02. The summed E-state index contributed by atoms with van der Waals surface area (Å²) in [4.78, 5) is 11.5. The molecule has 18 heavy (non-hydrogen) atoms. The molecule has 0 N–H and O–H groups in total. The summed E-state index contributed by atoms with van der Waals surface area (Å²) in [6.07, 6.45) is 6.49. The Kier molecular flexibility index (Phi) is 3.56. The van der Waals surface area contributed by atoms with Gasteiger partial charge in [-0.05, 0) is 19.3 Å². The average Bonchev–Trinajstić information content (AvgIpc) is 3.10. The van der Waals surface area contributed by atoms with Crippen LogP contribution in [0, 0.1) is 0 Å². The van der Waals surface area contributed by atoms with Gasteiger partial charge in [0.1, 0.15) is 10.8 Å². The summed E-state index contributed by atoms with van der Waals surface area (Å²) in [5.74, 6) is 0.957. The van der Waals surface area contributed by atoms with E-state index in [1.54, 1.807) is 11.3 Å². The largest absolute Gasteiger partial charge is 0.337 e. The first-order valence-electron chi connectivity index (χ1n) is 6.37. The minimum atomic E-state index is 0.399. The number of thiazole rings is 1. The number of piperidine rings is 1. The second kappa shape index (κ2) is 5.32. The SMILES string of the molecule is CCc1nsc(N2CCCC[C@@H]2c2nccs2)n1. The molecule has 3 rings (SSSR count). The third kappa shape index (κ3) is 2.27. The van der Waals surface area contributed by atoms with E-state index in [2.05, 4.69) is 31.5 Å². The van der Waals surface area contributed by atoms with Gasteiger partial charge < -0.3 is 4.90 Å². The minimum Gasteiger partial charge on any atom is -0.337 e. The number of anilines is 1. The lowest BCUT2D eigenvalue weighted by Crippen LogP contribution is -2.33. The van der Waals surface area contributed by atoms with Crippen molar-refractivity contribution in [3.63, 3.8) is 0 Å². The van der Waals surface area contributed by atoms with Gasteiger partial charge in [0.25, 0.3) is 0 Å². The molecule has 1 aliphatic rings. The van der Waals surface area contributed by atoms with Gasteiger partial charge in [-0.15, -0.1) is 11.3 Å². The Balaban J connectivity index is 1.87. The maximum Gasteiger partial charge on any atom is 0.205 e. The summed E-state index contributed by atoms with van der Waals surface area (Å²) in [6.45, 7) is 3.17. The van der Waals surface area contributed by atoms with Crippen LogP contribution in [-0.4, -0.2) is 20.9 Å². The highest BCUT2D eigenvalue weighted by molar-refractivity contribution is 7.10. The zero-order chi connectivity index (χ0) is 12.4. The lowest BCUT2D eigenvalue weighted by Gasteiger charge is -2.33. The molecule has 6 heteroatoms. The second-order valence-corrected chi connectivity index (χ2v) is 6.08. The van der Waals surface area contributed by atoms with Gasteiger partial charge in [-0.1, -0.05) is 6.92 Å². The maximum absolute atomic E-state index is 4.62. The van der Waals surface area contributed by atoms with Gasteiger partial charge >= 0.3 is 0 Å². The van der Waals surface area contributed by atoms with Gasteiger partial charge in [-0.3, -0.25) is 0 Å². The van der Waals surface area contributed by atoms with Crippen LogP contribution in [0.5, 0.6) is 0 Å². The van der Waals surface area contributed by atoms with E-state index in [1.165, 1.54) is 35.8 Å². The van der Waals surface area contributed by atoms with E-state index in [4.69, 9.17) is 0 Å². The number of hydrogen-bond acceptors (Lipinski definition) is 6. The third-order valence-electron chi connectivity index (χ3n) is 3.26. The molecule has 0 spiro atoms. The highest BCUT2D eigenvalue weighted by atomic mass is 32.1. The molecule has 0 saturated carbocycles. The topological polar surface area (TPSA) is 41.9 Å². The predicted molar refractivity (Wildman–Crippen MR) is 75.3 cm³/mol. The summed E-state index contributed by atoms with van der Waals surface area (Å²) in [5, 5.41) is 4.33. The quantitative estimate of drug-likeness (QED) is 0.865. The Morgan fingerprint density at radius 3 is 3.11 bits per heavy atom. The van der Waals surface area contributed by atoms with Crippen LogP contribution in [0.25, 0.3) is 0 Å². The standard InChI is InChI=1S/C12H16N4S2/c1-2-10-14-12(18-15-10)16-7-4-3-5-9(16)11-13-6-8-17-11/h6,8-9H,2-5,7H2,1H3/t9-/m1/s1. The molecular formula is C12H16N4S2. The van der Waals surface area contributed by atoms with Crippen LogP contribution in [0.3, 0.4) is 0 Å². The van der Waals surface area contributed by atoms with Gasteiger partial charge in [0.2, 0.25) is 5.13 Å². The van der Waals surface area contributed by atoms with E-state index in [0.29, 0.717) is 6.04 Å². The van der Waals surface area contributed by atoms with E-state index < -0.39 is 0 Å². The molecule has 0 bridgehead atoms. The van der Waals surface area contributed by atoms with Crippen LogP contribution < -0.4 is 4.90 Å². The van der Waals surface area contributed by atoms with Crippen molar-refractivity contribution in [3.8, 4) is 0 Å². The Morgan fingerprint density at radius 2 is 2.39 bits per heavy atom. The lowest BCUT2D eigenvalue weighted by molar-refractivity contribution is 0.471. The molecule has 1 fully saturated rings. The predicted octanol–water partition coefficient (Wildman–Crippen LogP) is 3.29. The molecule has 0 aromatic carbocycles. The normalized spacial score (nSPS) is 20.3. The van der Waals surface area contributed by atoms with Crippen molar-refractivity contribution in [3.05, 3.63) is 22.4 Å². The highest BCUT2D eigenvalue weighted by Crippen LogP contribution is 2.36. The molecule has 0 unspecified atom stereocenters. The number of aryl methyl sites for hydroxylation is 1. The van der Waals surface area contributed by atoms with Crippen molar-refractivity contribution in [2.24, 2.45) is 0 Å². The van der Waals surface area contributed by atoms with Gasteiger partial charge in [0.15, 0.2) is 0 Å². The molecule has 0 aliphatic carbocycles. The summed E-state index contributed by atoms with van der Waals surface area (Å²) < 4.78 is 4.40. The van der Waals surface area contributed by atoms with Crippen LogP contribution in [-0.2, 0) is 6.42 Å². The maximum atomic E-state index is 4.62. The van der Waals surface area contributed by atoms with Crippen LogP contribution in [0.1, 0.15) is 43.1 Å². The van der Waals surface area contributed by atoms with Crippen molar-refractivity contribution in [1.82, 2.24) is 14.3 Å². The van der Waals surface area contributed by atoms with Gasteiger partial charge in [-0.2, -0.15) is 4.37 Å². The molecule has 1 saturated heterocycles. The molecule has 3 heterocycles. The van der Waals surface area contributed by atoms with E-state index >= 15 is 0 Å². The number of aromatic nitrogens is 3. The zero-order valence-corrected chi connectivity index (χ0v) is 12.0. The summed E-state index contributed by atoms with van der Waals surface area (Å²) in [5.41, 5.74) is 0. The first kappa shape index (κ1) is 12.0. The Hall–Kier alpha value is -1.01. The minimum absolute atomic E-state index is 0.399. The molecule has 2 aromatic heterocycles. The Labute approximate surface area is 115 Å². The fourth-order valence-corrected chi connectivity index (χ4v) is 3.93. The van der Waals surface area contributed by atoms with Crippen molar-refractivity contribution in [1.29, 1.82) is 0 Å². The molecule has 4 nitrogen and oxygen atoms in total. The Morgan fingerprint density at radius 1 is 1.44 bits per heavy atom. The molecular weight excluding hydrogens is 264 g/mol. The molecule has 2 aromatic rings. The van der Waals surface area contributed by atoms with E-state index in [-0.39, 0.29) is 0 Å². The van der Waals surface area contributed by atoms with Crippen molar-refractivity contribution < 1.29 is 0 Å². The summed E-state index contributed by atoms with van der Waals surface area (Å²) >= 11 is 3.27. The van der Waals surface area contributed by atoms with E-state index in [9.17, 15) is 0 Å². The van der Waals surface area contributed by atoms with Crippen LogP contribution in [0.2, 0.25) is 0 Å². The summed E-state index contributed by atoms with van der Waals surface area (Å²) in [7, 11) is 0. The molecule has 0 amide bonds. The van der Waals surface area contributed by atoms with Crippen LogP contribution in [0.4, 0.5) is 5.13 Å². The van der Waals surface area contributed by atoms with Crippen molar-refractivity contribution >= 4 is 28.0 Å². The average molecular weight is 280 g/mol. The molecule has 96 valence electrons. The number of hydrogen-bond donors (Lipinski definition) is 0. The van der Waals surface area contributed by atoms with Gasteiger partial charge in [0, 0.05) is 36.1 Å². The molecule has 1 aliphatic heterocycles. The first-order chi connectivity index (χ1) is 8.88. The van der Waals surface area contributed by atoms with E-state index in [0.717, 1.165) is 23.9 Å². The third-order valence-corrected chi connectivity index (χ3v) is 4.93.